The first-order valence-electron chi connectivity index (χ1n) is 6.19. The van der Waals surface area contributed by atoms with Gasteiger partial charge in [0.15, 0.2) is 0 Å². The van der Waals surface area contributed by atoms with Gasteiger partial charge in [0.25, 0.3) is 0 Å². The summed E-state index contributed by atoms with van der Waals surface area (Å²) in [5.41, 5.74) is 0. The molecule has 1 aromatic rings. The van der Waals surface area contributed by atoms with Crippen molar-refractivity contribution in [2.75, 3.05) is 31.6 Å². The molecular weight excluding hydrogens is 216 g/mol. The van der Waals surface area contributed by atoms with E-state index in [9.17, 15) is 0 Å². The minimum atomic E-state index is 0.518. The van der Waals surface area contributed by atoms with Crippen molar-refractivity contribution in [1.82, 2.24) is 15.3 Å². The summed E-state index contributed by atoms with van der Waals surface area (Å²) in [6, 6.07) is 2.43. The number of likely N-dealkylation sites (N-methyl/N-ethyl adjacent to an activating group) is 1. The van der Waals surface area contributed by atoms with E-state index < -0.39 is 0 Å². The van der Waals surface area contributed by atoms with Crippen molar-refractivity contribution < 1.29 is 4.74 Å². The SMILES string of the molecule is CCCOc1cc(N(C)C2CCNC2)ncn1. The number of ether oxygens (including phenoxy) is 1. The number of rotatable bonds is 5. The van der Waals surface area contributed by atoms with E-state index in [2.05, 4.69) is 34.2 Å². The quantitative estimate of drug-likeness (QED) is 0.828. The van der Waals surface area contributed by atoms with Crippen molar-refractivity contribution in [3.63, 3.8) is 0 Å². The van der Waals surface area contributed by atoms with Crippen LogP contribution in [0.3, 0.4) is 0 Å². The standard InChI is InChI=1S/C12H20N4O/c1-3-6-17-12-7-11(14-9-15-12)16(2)10-4-5-13-8-10/h7,9-10,13H,3-6,8H2,1-2H3. The van der Waals surface area contributed by atoms with Gasteiger partial charge in [0.1, 0.15) is 12.1 Å². The first-order valence-corrected chi connectivity index (χ1v) is 6.19. The van der Waals surface area contributed by atoms with E-state index in [1.54, 1.807) is 6.33 Å². The Kier molecular flexibility index (Phi) is 4.14. The highest BCUT2D eigenvalue weighted by Crippen LogP contribution is 2.18. The van der Waals surface area contributed by atoms with Gasteiger partial charge in [-0.1, -0.05) is 6.92 Å². The van der Waals surface area contributed by atoms with Gasteiger partial charge in [-0.3, -0.25) is 0 Å². The molecule has 1 unspecified atom stereocenters. The fourth-order valence-electron chi connectivity index (χ4n) is 1.97. The van der Waals surface area contributed by atoms with Crippen LogP contribution in [0.25, 0.3) is 0 Å². The summed E-state index contributed by atoms with van der Waals surface area (Å²) in [7, 11) is 2.07. The Morgan fingerprint density at radius 2 is 2.41 bits per heavy atom. The Balaban J connectivity index is 2.03. The maximum absolute atomic E-state index is 5.52. The number of nitrogens with one attached hydrogen (secondary N) is 1. The van der Waals surface area contributed by atoms with Gasteiger partial charge in [-0.25, -0.2) is 9.97 Å². The molecule has 0 spiro atoms. The first-order chi connectivity index (χ1) is 8.31. The summed E-state index contributed by atoms with van der Waals surface area (Å²) < 4.78 is 5.52. The van der Waals surface area contributed by atoms with Crippen molar-refractivity contribution >= 4 is 5.82 Å². The van der Waals surface area contributed by atoms with Gasteiger partial charge < -0.3 is 15.0 Å². The lowest BCUT2D eigenvalue weighted by Gasteiger charge is -2.24. The minimum Gasteiger partial charge on any atom is -0.478 e. The molecule has 2 rings (SSSR count). The molecule has 0 aliphatic carbocycles. The molecule has 1 atom stereocenters. The Morgan fingerprint density at radius 3 is 3.12 bits per heavy atom. The highest BCUT2D eigenvalue weighted by Gasteiger charge is 2.20. The van der Waals surface area contributed by atoms with E-state index in [1.165, 1.54) is 0 Å². The van der Waals surface area contributed by atoms with Gasteiger partial charge in [-0.15, -0.1) is 0 Å². The fourth-order valence-corrected chi connectivity index (χ4v) is 1.97. The van der Waals surface area contributed by atoms with Crippen LogP contribution < -0.4 is 15.0 Å². The zero-order valence-corrected chi connectivity index (χ0v) is 10.5. The van der Waals surface area contributed by atoms with Crippen LogP contribution in [0.4, 0.5) is 5.82 Å². The van der Waals surface area contributed by atoms with E-state index >= 15 is 0 Å². The number of anilines is 1. The van der Waals surface area contributed by atoms with E-state index in [1.807, 2.05) is 6.07 Å². The average molecular weight is 236 g/mol. The molecule has 1 fully saturated rings. The zero-order chi connectivity index (χ0) is 12.1. The van der Waals surface area contributed by atoms with Gasteiger partial charge in [0.2, 0.25) is 5.88 Å². The second-order valence-electron chi connectivity index (χ2n) is 4.32. The highest BCUT2D eigenvalue weighted by molar-refractivity contribution is 5.41. The molecule has 5 heteroatoms. The molecule has 1 saturated heterocycles. The van der Waals surface area contributed by atoms with E-state index in [0.717, 1.165) is 31.7 Å². The maximum atomic E-state index is 5.52. The number of nitrogens with zero attached hydrogens (tertiary/aromatic N) is 3. The molecule has 0 radical (unpaired) electrons. The monoisotopic (exact) mass is 236 g/mol. The Labute approximate surface area is 102 Å². The topological polar surface area (TPSA) is 50.3 Å². The number of aromatic nitrogens is 2. The Morgan fingerprint density at radius 1 is 1.53 bits per heavy atom. The third-order valence-electron chi connectivity index (χ3n) is 3.03. The largest absolute Gasteiger partial charge is 0.478 e. The Hall–Kier alpha value is -1.36. The third kappa shape index (κ3) is 3.06. The molecule has 5 nitrogen and oxygen atoms in total. The van der Waals surface area contributed by atoms with Crippen LogP contribution in [0.5, 0.6) is 5.88 Å². The molecule has 0 saturated carbocycles. The smallest absolute Gasteiger partial charge is 0.218 e. The number of hydrogen-bond donors (Lipinski definition) is 1. The van der Waals surface area contributed by atoms with Crippen molar-refractivity contribution in [1.29, 1.82) is 0 Å². The summed E-state index contributed by atoms with van der Waals surface area (Å²) in [5, 5.41) is 3.36. The predicted octanol–water partition coefficient (Wildman–Crippen LogP) is 1.06. The lowest BCUT2D eigenvalue weighted by molar-refractivity contribution is 0.304. The normalized spacial score (nSPS) is 19.3. The minimum absolute atomic E-state index is 0.518. The lowest BCUT2D eigenvalue weighted by Crippen LogP contribution is -2.33. The molecule has 17 heavy (non-hydrogen) atoms. The summed E-state index contributed by atoms with van der Waals surface area (Å²) >= 11 is 0. The highest BCUT2D eigenvalue weighted by atomic mass is 16.5. The van der Waals surface area contributed by atoms with Crippen LogP contribution >= 0.6 is 0 Å². The second kappa shape index (κ2) is 5.82. The summed E-state index contributed by atoms with van der Waals surface area (Å²) in [4.78, 5) is 10.6. The van der Waals surface area contributed by atoms with Crippen molar-refractivity contribution in [3.8, 4) is 5.88 Å². The molecule has 1 aliphatic rings. The summed E-state index contributed by atoms with van der Waals surface area (Å²) in [6.45, 7) is 4.88. The van der Waals surface area contributed by atoms with Crippen molar-refractivity contribution in [3.05, 3.63) is 12.4 Å². The van der Waals surface area contributed by atoms with Gasteiger partial charge in [-0.2, -0.15) is 0 Å². The second-order valence-corrected chi connectivity index (χ2v) is 4.32. The van der Waals surface area contributed by atoms with Crippen LogP contribution in [0.15, 0.2) is 12.4 Å². The van der Waals surface area contributed by atoms with Gasteiger partial charge in [0, 0.05) is 25.7 Å². The van der Waals surface area contributed by atoms with Crippen molar-refractivity contribution in [2.24, 2.45) is 0 Å². The molecule has 1 aliphatic heterocycles. The van der Waals surface area contributed by atoms with Crippen molar-refractivity contribution in [2.45, 2.75) is 25.8 Å². The zero-order valence-electron chi connectivity index (χ0n) is 10.5. The summed E-state index contributed by atoms with van der Waals surface area (Å²) in [5.74, 6) is 1.59. The molecular formula is C12H20N4O. The van der Waals surface area contributed by atoms with Crippen LogP contribution in [-0.4, -0.2) is 42.8 Å². The molecule has 94 valence electrons. The number of hydrogen-bond acceptors (Lipinski definition) is 5. The van der Waals surface area contributed by atoms with Crippen LogP contribution in [-0.2, 0) is 0 Å². The van der Waals surface area contributed by atoms with Crippen LogP contribution in [0, 0.1) is 0 Å². The van der Waals surface area contributed by atoms with E-state index in [-0.39, 0.29) is 0 Å². The van der Waals surface area contributed by atoms with E-state index in [4.69, 9.17) is 4.74 Å². The lowest BCUT2D eigenvalue weighted by atomic mass is 10.2. The molecule has 0 aromatic carbocycles. The molecule has 2 heterocycles. The maximum Gasteiger partial charge on any atom is 0.218 e. The fraction of sp³-hybridized carbons (Fsp3) is 0.667. The molecule has 0 amide bonds. The Bertz CT molecular complexity index is 352. The van der Waals surface area contributed by atoms with Gasteiger partial charge in [0.05, 0.1) is 6.61 Å². The van der Waals surface area contributed by atoms with Crippen LogP contribution in [0.2, 0.25) is 0 Å². The summed E-state index contributed by atoms with van der Waals surface area (Å²) in [6.07, 6.45) is 3.71. The molecule has 0 bridgehead atoms. The third-order valence-corrected chi connectivity index (χ3v) is 3.03. The first kappa shape index (κ1) is 12.1. The molecule has 1 aromatic heterocycles. The van der Waals surface area contributed by atoms with Gasteiger partial charge in [-0.05, 0) is 19.4 Å². The van der Waals surface area contributed by atoms with Crippen LogP contribution in [0.1, 0.15) is 19.8 Å². The molecule has 1 N–H and O–H groups in total. The van der Waals surface area contributed by atoms with Gasteiger partial charge >= 0.3 is 0 Å². The average Bonchev–Trinajstić information content (AvgIpc) is 2.89. The predicted molar refractivity (Wildman–Crippen MR) is 67.5 cm³/mol. The van der Waals surface area contributed by atoms with E-state index in [0.29, 0.717) is 18.5 Å².